The van der Waals surface area contributed by atoms with Gasteiger partial charge in [-0.3, -0.25) is 9.35 Å². The molecule has 2 atom stereocenters. The summed E-state index contributed by atoms with van der Waals surface area (Å²) in [5.74, 6) is -1.03. The smallest absolute Gasteiger partial charge is 0.267 e. The molecule has 1 amide bonds. The minimum absolute atomic E-state index is 0.269. The molecular formula is C41H69NO5S. The average molecular weight is 688 g/mol. The van der Waals surface area contributed by atoms with Crippen molar-refractivity contribution in [1.29, 1.82) is 0 Å². The lowest BCUT2D eigenvalue weighted by molar-refractivity contribution is -0.122. The molecule has 0 saturated heterocycles. The molecule has 0 heterocycles. The van der Waals surface area contributed by atoms with E-state index >= 15 is 0 Å². The molecule has 6 nitrogen and oxygen atoms in total. The highest BCUT2D eigenvalue weighted by atomic mass is 32.2. The predicted molar refractivity (Wildman–Crippen MR) is 207 cm³/mol. The van der Waals surface area contributed by atoms with Gasteiger partial charge in [-0.2, -0.15) is 8.42 Å². The van der Waals surface area contributed by atoms with Crippen LogP contribution in [0.15, 0.2) is 85.1 Å². The first kappa shape index (κ1) is 45.5. The Kier molecular flexibility index (Phi) is 32.6. The van der Waals surface area contributed by atoms with Crippen LogP contribution in [0.3, 0.4) is 0 Å². The van der Waals surface area contributed by atoms with Crippen molar-refractivity contribution in [2.24, 2.45) is 0 Å². The summed E-state index contributed by atoms with van der Waals surface area (Å²) in [5, 5.41) is 13.1. The zero-order chi connectivity index (χ0) is 35.4. The van der Waals surface area contributed by atoms with Gasteiger partial charge in [0.15, 0.2) is 0 Å². The number of carbonyl (C=O) groups is 1. The third-order valence-corrected chi connectivity index (χ3v) is 8.59. The van der Waals surface area contributed by atoms with Crippen molar-refractivity contribution < 1.29 is 22.9 Å². The lowest BCUT2D eigenvalue weighted by atomic mass is 10.1. The Morgan fingerprint density at radius 1 is 0.583 bits per heavy atom. The molecule has 274 valence electrons. The first-order chi connectivity index (χ1) is 23.3. The topological polar surface area (TPSA) is 104 Å². The summed E-state index contributed by atoms with van der Waals surface area (Å²) in [6.07, 6.45) is 50.0. The molecule has 2 unspecified atom stereocenters. The predicted octanol–water partition coefficient (Wildman–Crippen LogP) is 10.8. The number of hydrogen-bond donors (Lipinski definition) is 3. The first-order valence-corrected chi connectivity index (χ1v) is 20.4. The summed E-state index contributed by atoms with van der Waals surface area (Å²) in [5.41, 5.74) is 0. The maximum Gasteiger partial charge on any atom is 0.267 e. The molecule has 48 heavy (non-hydrogen) atoms. The van der Waals surface area contributed by atoms with Crippen LogP contribution in [0, 0.1) is 0 Å². The SMILES string of the molecule is CC/C=C\C/C=C\C/C=C\C/C=C\C/C=C\CCCCCCCCCC(=O)NC(CS(=O)(=O)O)C(O)/C=C/CC/C=C/CCCCCC. The van der Waals surface area contributed by atoms with Crippen molar-refractivity contribution in [3.8, 4) is 0 Å². The van der Waals surface area contributed by atoms with Gasteiger partial charge in [-0.15, -0.1) is 0 Å². The van der Waals surface area contributed by atoms with Gasteiger partial charge in [-0.25, -0.2) is 0 Å². The standard InChI is InChI=1S/C41H69NO5S/c1-3-5-7-9-11-13-15-16-17-18-19-20-21-22-23-24-25-26-27-29-31-33-35-37-41(44)42-39(38-48(45,46)47)40(43)36-34-32-30-28-14-12-10-8-6-4-2/h5,7,11,13-14,16-17,19-20,22-23,28,34,36,39-40,43H,3-4,6,8-10,12,15,18,21,24-27,29-33,35,37-38H2,1-2H3,(H,42,44)(H,45,46,47)/b7-5-,13-11-,17-16-,20-19-,23-22-,28-14+,36-34+. The van der Waals surface area contributed by atoms with Crippen molar-refractivity contribution in [3.63, 3.8) is 0 Å². The fourth-order valence-electron chi connectivity index (χ4n) is 5.02. The second-order valence-corrected chi connectivity index (χ2v) is 14.0. The van der Waals surface area contributed by atoms with Gasteiger partial charge < -0.3 is 10.4 Å². The molecule has 7 heteroatoms. The van der Waals surface area contributed by atoms with E-state index in [1.165, 1.54) is 51.0 Å². The number of nitrogens with one attached hydrogen (secondary N) is 1. The van der Waals surface area contributed by atoms with Gasteiger partial charge in [-0.1, -0.05) is 150 Å². The molecule has 0 aliphatic carbocycles. The van der Waals surface area contributed by atoms with E-state index < -0.39 is 28.0 Å². The van der Waals surface area contributed by atoms with E-state index in [2.05, 4.69) is 92.1 Å². The lowest BCUT2D eigenvalue weighted by Crippen LogP contribution is -2.46. The van der Waals surface area contributed by atoms with Gasteiger partial charge in [0.25, 0.3) is 10.1 Å². The number of carbonyl (C=O) groups excluding carboxylic acids is 1. The maximum absolute atomic E-state index is 12.5. The summed E-state index contributed by atoms with van der Waals surface area (Å²) in [6.45, 7) is 4.35. The molecule has 0 rings (SSSR count). The Morgan fingerprint density at radius 3 is 1.56 bits per heavy atom. The van der Waals surface area contributed by atoms with E-state index in [-0.39, 0.29) is 12.3 Å². The van der Waals surface area contributed by atoms with Crippen LogP contribution in [0.1, 0.15) is 149 Å². The highest BCUT2D eigenvalue weighted by Gasteiger charge is 2.24. The van der Waals surface area contributed by atoms with Gasteiger partial charge in [0.05, 0.1) is 17.9 Å². The number of rotatable bonds is 32. The van der Waals surface area contributed by atoms with Gasteiger partial charge in [0.1, 0.15) is 0 Å². The zero-order valence-corrected chi connectivity index (χ0v) is 31.1. The number of aliphatic hydroxyl groups is 1. The van der Waals surface area contributed by atoms with Crippen LogP contribution >= 0.6 is 0 Å². The van der Waals surface area contributed by atoms with E-state index in [1.54, 1.807) is 6.08 Å². The van der Waals surface area contributed by atoms with Gasteiger partial charge in [0.2, 0.25) is 5.91 Å². The molecule has 3 N–H and O–H groups in total. The Morgan fingerprint density at radius 2 is 1.02 bits per heavy atom. The number of hydrogen-bond acceptors (Lipinski definition) is 4. The fraction of sp³-hybridized carbons (Fsp3) is 0.634. The second-order valence-electron chi connectivity index (χ2n) is 12.5. The summed E-state index contributed by atoms with van der Waals surface area (Å²) >= 11 is 0. The molecule has 0 aromatic carbocycles. The molecule has 0 fully saturated rings. The third kappa shape index (κ3) is 34.8. The van der Waals surface area contributed by atoms with Gasteiger partial charge >= 0.3 is 0 Å². The summed E-state index contributed by atoms with van der Waals surface area (Å²) in [4.78, 5) is 12.5. The monoisotopic (exact) mass is 687 g/mol. The summed E-state index contributed by atoms with van der Waals surface area (Å²) in [6, 6.07) is -1.08. The molecule has 0 aliphatic rings. The zero-order valence-electron chi connectivity index (χ0n) is 30.3. The highest BCUT2D eigenvalue weighted by Crippen LogP contribution is 2.11. The normalized spacial score (nSPS) is 14.3. The molecule has 0 aliphatic heterocycles. The van der Waals surface area contributed by atoms with Gasteiger partial charge in [0, 0.05) is 6.42 Å². The Labute approximate surface area is 295 Å². The Hall–Kier alpha value is -2.48. The maximum atomic E-state index is 12.5. The van der Waals surface area contributed by atoms with Crippen molar-refractivity contribution >= 4 is 16.0 Å². The van der Waals surface area contributed by atoms with Crippen LogP contribution in [-0.2, 0) is 14.9 Å². The lowest BCUT2D eigenvalue weighted by Gasteiger charge is -2.21. The largest absolute Gasteiger partial charge is 0.387 e. The van der Waals surface area contributed by atoms with Crippen molar-refractivity contribution in [2.75, 3.05) is 5.75 Å². The molecule has 0 radical (unpaired) electrons. The van der Waals surface area contributed by atoms with E-state index in [4.69, 9.17) is 0 Å². The van der Waals surface area contributed by atoms with Crippen molar-refractivity contribution in [2.45, 2.75) is 161 Å². The summed E-state index contributed by atoms with van der Waals surface area (Å²) < 4.78 is 32.3. The van der Waals surface area contributed by atoms with Crippen LogP contribution in [0.5, 0.6) is 0 Å². The fourth-order valence-corrected chi connectivity index (χ4v) is 5.75. The molecule has 0 saturated carbocycles. The van der Waals surface area contributed by atoms with Crippen molar-refractivity contribution in [1.82, 2.24) is 5.32 Å². The molecule has 0 bridgehead atoms. The molecular weight excluding hydrogens is 619 g/mol. The van der Waals surface area contributed by atoms with E-state index in [0.717, 1.165) is 70.6 Å². The van der Waals surface area contributed by atoms with Crippen molar-refractivity contribution in [3.05, 3.63) is 85.1 Å². The number of allylic oxidation sites excluding steroid dienone is 13. The first-order valence-electron chi connectivity index (χ1n) is 18.8. The van der Waals surface area contributed by atoms with E-state index in [0.29, 0.717) is 12.8 Å². The summed E-state index contributed by atoms with van der Waals surface area (Å²) in [7, 11) is -4.36. The van der Waals surface area contributed by atoms with E-state index in [9.17, 15) is 22.9 Å². The van der Waals surface area contributed by atoms with Crippen LogP contribution in [-0.4, -0.2) is 41.9 Å². The molecule has 0 spiro atoms. The van der Waals surface area contributed by atoms with Crippen LogP contribution in [0.25, 0.3) is 0 Å². The van der Waals surface area contributed by atoms with Gasteiger partial charge in [-0.05, 0) is 77.0 Å². The molecule has 0 aromatic rings. The average Bonchev–Trinajstić information content (AvgIpc) is 3.05. The van der Waals surface area contributed by atoms with Crippen LogP contribution < -0.4 is 5.32 Å². The number of unbranched alkanes of at least 4 members (excludes halogenated alkanes) is 12. The van der Waals surface area contributed by atoms with Crippen LogP contribution in [0.2, 0.25) is 0 Å². The Balaban J connectivity index is 3.98. The third-order valence-electron chi connectivity index (χ3n) is 7.81. The quantitative estimate of drug-likeness (QED) is 0.0371. The minimum Gasteiger partial charge on any atom is -0.387 e. The number of amides is 1. The van der Waals surface area contributed by atoms with Crippen LogP contribution in [0.4, 0.5) is 0 Å². The second kappa shape index (κ2) is 34.4. The van der Waals surface area contributed by atoms with E-state index in [1.807, 2.05) is 0 Å². The minimum atomic E-state index is -4.36. The molecule has 0 aromatic heterocycles. The number of aliphatic hydroxyl groups excluding tert-OH is 1. The highest BCUT2D eigenvalue weighted by molar-refractivity contribution is 7.85. The Bertz CT molecular complexity index is 1070.